The molecule has 0 atom stereocenters. The van der Waals surface area contributed by atoms with E-state index in [9.17, 15) is 0 Å². The molecule has 0 fully saturated rings. The lowest BCUT2D eigenvalue weighted by Gasteiger charge is -2.17. The third-order valence-electron chi connectivity index (χ3n) is 4.91. The van der Waals surface area contributed by atoms with Gasteiger partial charge >= 0.3 is 0 Å². The van der Waals surface area contributed by atoms with E-state index in [1.165, 1.54) is 17.0 Å². The van der Waals surface area contributed by atoms with Crippen LogP contribution in [0.2, 0.25) is 0 Å². The topological polar surface area (TPSA) is 27.8 Å². The number of nitrogens with zero attached hydrogens (tertiary/aromatic N) is 3. The van der Waals surface area contributed by atoms with Gasteiger partial charge in [0.25, 0.3) is 0 Å². The first kappa shape index (κ1) is 17.2. The summed E-state index contributed by atoms with van der Waals surface area (Å²) >= 11 is 0. The van der Waals surface area contributed by atoms with Gasteiger partial charge in [-0.3, -0.25) is 5.01 Å². The molecule has 0 aliphatic carbocycles. The lowest BCUT2D eigenvalue weighted by molar-refractivity contribution is -0.431. The molecule has 4 heteroatoms. The Hall–Kier alpha value is -2.62. The highest BCUT2D eigenvalue weighted by Gasteiger charge is 2.44. The third-order valence-corrected chi connectivity index (χ3v) is 4.91. The molecule has 4 nitrogen and oxygen atoms in total. The van der Waals surface area contributed by atoms with Crippen molar-refractivity contribution in [1.82, 2.24) is 0 Å². The van der Waals surface area contributed by atoms with E-state index in [-0.39, 0.29) is 5.41 Å². The van der Waals surface area contributed by atoms with Crippen LogP contribution in [0.4, 0.5) is 11.4 Å². The predicted octanol–water partition coefficient (Wildman–Crippen LogP) is 4.21. The van der Waals surface area contributed by atoms with Gasteiger partial charge in [-0.15, -0.1) is 0 Å². The van der Waals surface area contributed by atoms with Crippen LogP contribution < -0.4 is 9.75 Å². The van der Waals surface area contributed by atoms with E-state index in [0.717, 1.165) is 18.0 Å². The van der Waals surface area contributed by atoms with Crippen LogP contribution in [0.25, 0.3) is 0 Å². The van der Waals surface area contributed by atoms with Crippen LogP contribution in [-0.4, -0.2) is 37.2 Å². The molecule has 0 unspecified atom stereocenters. The van der Waals surface area contributed by atoms with Crippen LogP contribution in [0.1, 0.15) is 26.3 Å². The summed E-state index contributed by atoms with van der Waals surface area (Å²) in [7, 11) is 3.64. The number of rotatable bonds is 5. The van der Waals surface area contributed by atoms with E-state index in [0.29, 0.717) is 0 Å². The van der Waals surface area contributed by atoms with E-state index in [1.54, 1.807) is 7.11 Å². The molecule has 25 heavy (non-hydrogen) atoms. The molecule has 0 N–H and O–H groups in total. The second kappa shape index (κ2) is 6.71. The number of fused-ring (bicyclic) bond motifs is 1. The Morgan fingerprint density at radius 2 is 1.80 bits per heavy atom. The van der Waals surface area contributed by atoms with Crippen LogP contribution in [0, 0.1) is 0 Å². The number of hydrogen-bond acceptors (Lipinski definition) is 3. The molecule has 2 aromatic carbocycles. The number of anilines is 1. The van der Waals surface area contributed by atoms with Gasteiger partial charge in [0.15, 0.2) is 0 Å². The molecule has 1 aliphatic rings. The average molecular weight is 336 g/mol. The summed E-state index contributed by atoms with van der Waals surface area (Å²) in [5.41, 5.74) is 4.82. The Balaban J connectivity index is 1.91. The Morgan fingerprint density at radius 3 is 2.44 bits per heavy atom. The Morgan fingerprint density at radius 1 is 1.12 bits per heavy atom. The molecule has 0 saturated carbocycles. The van der Waals surface area contributed by atoms with Crippen molar-refractivity contribution in [3.8, 4) is 5.75 Å². The Labute approximate surface area is 150 Å². The number of methoxy groups -OCH3 is 1. The molecule has 0 spiro atoms. The minimum Gasteiger partial charge on any atom is -0.497 e. The molecular weight excluding hydrogens is 310 g/mol. The SMILES string of the molecule is CC[N+]1=C(/C=N/N(C)c2ccc(OC)cc2)C(C)(C)c2ccccc21. The molecular formula is C21H26N3O+. The van der Waals surface area contributed by atoms with Crippen molar-refractivity contribution in [2.24, 2.45) is 5.10 Å². The first-order valence-electron chi connectivity index (χ1n) is 8.65. The van der Waals surface area contributed by atoms with Gasteiger partial charge in [0, 0.05) is 18.7 Å². The molecule has 130 valence electrons. The normalized spacial score (nSPS) is 15.6. The van der Waals surface area contributed by atoms with Crippen molar-refractivity contribution >= 4 is 23.3 Å². The average Bonchev–Trinajstić information content (AvgIpc) is 2.86. The van der Waals surface area contributed by atoms with Crippen molar-refractivity contribution in [1.29, 1.82) is 0 Å². The molecule has 0 saturated heterocycles. The van der Waals surface area contributed by atoms with Gasteiger partial charge < -0.3 is 4.74 Å². The number of hydrazone groups is 1. The quantitative estimate of drug-likeness (QED) is 0.465. The minimum absolute atomic E-state index is 0.0587. The monoisotopic (exact) mass is 336 g/mol. The Bertz CT molecular complexity index is 819. The lowest BCUT2D eigenvalue weighted by Crippen LogP contribution is -2.31. The summed E-state index contributed by atoms with van der Waals surface area (Å²) in [5, 5.41) is 6.59. The lowest BCUT2D eigenvalue weighted by atomic mass is 9.82. The number of benzene rings is 2. The molecule has 2 aromatic rings. The highest BCUT2D eigenvalue weighted by atomic mass is 16.5. The van der Waals surface area contributed by atoms with E-state index in [1.807, 2.05) is 42.5 Å². The van der Waals surface area contributed by atoms with Crippen molar-refractivity contribution in [2.75, 3.05) is 25.7 Å². The molecule has 0 amide bonds. The molecule has 1 aliphatic heterocycles. The van der Waals surface area contributed by atoms with Crippen molar-refractivity contribution < 1.29 is 9.31 Å². The maximum absolute atomic E-state index is 5.21. The maximum Gasteiger partial charge on any atom is 0.212 e. The number of ether oxygens (including phenoxy) is 1. The van der Waals surface area contributed by atoms with Gasteiger partial charge in [0.1, 0.15) is 18.5 Å². The zero-order valence-electron chi connectivity index (χ0n) is 15.7. The van der Waals surface area contributed by atoms with Gasteiger partial charge in [-0.1, -0.05) is 18.2 Å². The predicted molar refractivity (Wildman–Crippen MR) is 105 cm³/mol. The molecule has 3 rings (SSSR count). The van der Waals surface area contributed by atoms with Gasteiger partial charge in [0.2, 0.25) is 11.4 Å². The molecule has 0 radical (unpaired) electrons. The zero-order valence-corrected chi connectivity index (χ0v) is 15.7. The van der Waals surface area contributed by atoms with Crippen LogP contribution in [0.15, 0.2) is 53.6 Å². The second-order valence-corrected chi connectivity index (χ2v) is 6.74. The maximum atomic E-state index is 5.21. The van der Waals surface area contributed by atoms with Crippen LogP contribution in [-0.2, 0) is 5.41 Å². The van der Waals surface area contributed by atoms with Gasteiger partial charge in [0.05, 0.1) is 18.2 Å². The van der Waals surface area contributed by atoms with Gasteiger partial charge in [-0.25, -0.2) is 0 Å². The summed E-state index contributed by atoms with van der Waals surface area (Å²) in [6, 6.07) is 16.5. The van der Waals surface area contributed by atoms with Gasteiger partial charge in [-0.05, 0) is 45.0 Å². The molecule has 0 aromatic heterocycles. The van der Waals surface area contributed by atoms with E-state index in [2.05, 4.69) is 49.6 Å². The van der Waals surface area contributed by atoms with E-state index >= 15 is 0 Å². The molecule has 1 heterocycles. The van der Waals surface area contributed by atoms with Crippen molar-refractivity contribution in [3.63, 3.8) is 0 Å². The smallest absolute Gasteiger partial charge is 0.212 e. The summed E-state index contributed by atoms with van der Waals surface area (Å²) < 4.78 is 7.56. The van der Waals surface area contributed by atoms with Crippen LogP contribution in [0.5, 0.6) is 5.75 Å². The highest BCUT2D eigenvalue weighted by Crippen LogP contribution is 2.38. The fraction of sp³-hybridized carbons (Fsp3) is 0.333. The standard InChI is InChI=1S/C21H26N3O/c1-6-24-19-10-8-7-9-18(19)21(2,3)20(24)15-22-23(4)16-11-13-17(25-5)14-12-16/h7-15H,6H2,1-5H3/q+1. The summed E-state index contributed by atoms with van der Waals surface area (Å²) in [6.45, 7) is 7.62. The first-order chi connectivity index (χ1) is 12.0. The van der Waals surface area contributed by atoms with E-state index < -0.39 is 0 Å². The highest BCUT2D eigenvalue weighted by molar-refractivity contribution is 6.33. The van der Waals surface area contributed by atoms with Gasteiger partial charge in [-0.2, -0.15) is 9.68 Å². The second-order valence-electron chi connectivity index (χ2n) is 6.74. The van der Waals surface area contributed by atoms with Crippen LogP contribution in [0.3, 0.4) is 0 Å². The summed E-state index contributed by atoms with van der Waals surface area (Å²) in [5.74, 6) is 0.847. The van der Waals surface area contributed by atoms with E-state index in [4.69, 9.17) is 9.84 Å². The van der Waals surface area contributed by atoms with Crippen molar-refractivity contribution in [2.45, 2.75) is 26.2 Å². The molecule has 0 bridgehead atoms. The van der Waals surface area contributed by atoms with Crippen molar-refractivity contribution in [3.05, 3.63) is 54.1 Å². The zero-order chi connectivity index (χ0) is 18.0. The third kappa shape index (κ3) is 3.04. The Kier molecular flexibility index (Phi) is 4.62. The number of para-hydroxylation sites is 1. The van der Waals surface area contributed by atoms with Crippen LogP contribution >= 0.6 is 0 Å². The number of hydrogen-bond donors (Lipinski definition) is 0. The first-order valence-corrected chi connectivity index (χ1v) is 8.65. The summed E-state index contributed by atoms with van der Waals surface area (Å²) in [6.07, 6.45) is 1.99. The fourth-order valence-electron chi connectivity index (χ4n) is 3.42. The fourth-order valence-corrected chi connectivity index (χ4v) is 3.42. The summed E-state index contributed by atoms with van der Waals surface area (Å²) in [4.78, 5) is 0. The largest absolute Gasteiger partial charge is 0.497 e. The minimum atomic E-state index is -0.0587.